The van der Waals surface area contributed by atoms with E-state index < -0.39 is 0 Å². The SMILES string of the molecule is N[C@@H]1CN(Cc2nn(-c3ccc(F)cc3)c3c2CCC3)C[C@H]1c1ccccc1. The Morgan fingerprint density at radius 3 is 2.57 bits per heavy atom. The molecule has 0 amide bonds. The smallest absolute Gasteiger partial charge is 0.123 e. The second kappa shape index (κ2) is 7.15. The molecule has 3 aromatic rings. The topological polar surface area (TPSA) is 47.1 Å². The molecule has 5 heteroatoms. The Morgan fingerprint density at radius 1 is 1.00 bits per heavy atom. The fourth-order valence-corrected chi connectivity index (χ4v) is 4.74. The van der Waals surface area contributed by atoms with Gasteiger partial charge in [0.15, 0.2) is 0 Å². The van der Waals surface area contributed by atoms with Crippen LogP contribution in [0.25, 0.3) is 5.69 Å². The zero-order chi connectivity index (χ0) is 19.1. The lowest BCUT2D eigenvalue weighted by molar-refractivity contribution is 0.318. The molecule has 144 valence electrons. The van der Waals surface area contributed by atoms with Gasteiger partial charge >= 0.3 is 0 Å². The van der Waals surface area contributed by atoms with E-state index in [4.69, 9.17) is 10.8 Å². The number of nitrogens with two attached hydrogens (primary N) is 1. The van der Waals surface area contributed by atoms with Crippen LogP contribution >= 0.6 is 0 Å². The molecule has 1 aromatic heterocycles. The standard InChI is InChI=1S/C23H25FN4/c24-17-9-11-18(12-10-17)28-23-8-4-7-19(23)22(26-28)15-27-13-20(21(25)14-27)16-5-2-1-3-6-16/h1-3,5-6,9-12,20-21H,4,7-8,13-15,25H2/t20-,21+/m0/s1. The van der Waals surface area contributed by atoms with E-state index in [1.165, 1.54) is 29.0 Å². The summed E-state index contributed by atoms with van der Waals surface area (Å²) in [6.07, 6.45) is 3.27. The molecule has 2 N–H and O–H groups in total. The van der Waals surface area contributed by atoms with E-state index in [0.29, 0.717) is 5.92 Å². The van der Waals surface area contributed by atoms with Crippen molar-refractivity contribution in [2.24, 2.45) is 5.73 Å². The van der Waals surface area contributed by atoms with Gasteiger partial charge in [0.05, 0.1) is 11.4 Å². The Morgan fingerprint density at radius 2 is 1.79 bits per heavy atom. The number of likely N-dealkylation sites (tertiary alicyclic amines) is 1. The van der Waals surface area contributed by atoms with Crippen molar-refractivity contribution >= 4 is 0 Å². The van der Waals surface area contributed by atoms with Gasteiger partial charge in [-0.2, -0.15) is 5.10 Å². The van der Waals surface area contributed by atoms with Crippen LogP contribution in [0.4, 0.5) is 4.39 Å². The van der Waals surface area contributed by atoms with Gasteiger partial charge in [0.1, 0.15) is 5.82 Å². The van der Waals surface area contributed by atoms with Crippen LogP contribution in [-0.4, -0.2) is 33.8 Å². The highest BCUT2D eigenvalue weighted by atomic mass is 19.1. The molecule has 1 aliphatic heterocycles. The van der Waals surface area contributed by atoms with Crippen LogP contribution < -0.4 is 5.73 Å². The average molecular weight is 376 g/mol. The Kier molecular flexibility index (Phi) is 4.49. The van der Waals surface area contributed by atoms with Gasteiger partial charge in [-0.05, 0) is 54.7 Å². The Balaban J connectivity index is 1.39. The molecule has 0 unspecified atom stereocenters. The molecule has 28 heavy (non-hydrogen) atoms. The van der Waals surface area contributed by atoms with E-state index >= 15 is 0 Å². The number of hydrogen-bond acceptors (Lipinski definition) is 3. The number of halogens is 1. The summed E-state index contributed by atoms with van der Waals surface area (Å²) in [4.78, 5) is 2.43. The number of hydrogen-bond donors (Lipinski definition) is 1. The number of aromatic nitrogens is 2. The van der Waals surface area contributed by atoms with E-state index in [1.54, 1.807) is 0 Å². The maximum Gasteiger partial charge on any atom is 0.123 e. The van der Waals surface area contributed by atoms with Crippen LogP contribution in [0.15, 0.2) is 54.6 Å². The van der Waals surface area contributed by atoms with Crippen LogP contribution in [0, 0.1) is 5.82 Å². The summed E-state index contributed by atoms with van der Waals surface area (Å²) in [6.45, 7) is 2.68. The summed E-state index contributed by atoms with van der Waals surface area (Å²) in [7, 11) is 0. The van der Waals surface area contributed by atoms with Crippen LogP contribution in [-0.2, 0) is 19.4 Å². The van der Waals surface area contributed by atoms with Crippen LogP contribution in [0.3, 0.4) is 0 Å². The van der Waals surface area contributed by atoms with Crippen molar-refractivity contribution in [1.82, 2.24) is 14.7 Å². The molecule has 5 rings (SSSR count). The van der Waals surface area contributed by atoms with Gasteiger partial charge in [-0.25, -0.2) is 9.07 Å². The van der Waals surface area contributed by atoms with Gasteiger partial charge in [-0.3, -0.25) is 4.90 Å². The van der Waals surface area contributed by atoms with E-state index in [2.05, 4.69) is 29.2 Å². The lowest BCUT2D eigenvalue weighted by Gasteiger charge is -2.15. The minimum Gasteiger partial charge on any atom is -0.326 e. The van der Waals surface area contributed by atoms with Crippen LogP contribution in [0.5, 0.6) is 0 Å². The highest BCUT2D eigenvalue weighted by Crippen LogP contribution is 2.31. The fraction of sp³-hybridized carbons (Fsp3) is 0.348. The second-order valence-electron chi connectivity index (χ2n) is 7.99. The van der Waals surface area contributed by atoms with Gasteiger partial charge in [0.25, 0.3) is 0 Å². The summed E-state index contributed by atoms with van der Waals surface area (Å²) in [5.74, 6) is 0.152. The molecule has 0 spiro atoms. The highest BCUT2D eigenvalue weighted by molar-refractivity contribution is 5.40. The third-order valence-electron chi connectivity index (χ3n) is 6.13. The molecule has 1 fully saturated rings. The van der Waals surface area contributed by atoms with Crippen molar-refractivity contribution in [3.8, 4) is 5.69 Å². The predicted molar refractivity (Wildman–Crippen MR) is 108 cm³/mol. The predicted octanol–water partition coefficient (Wildman–Crippen LogP) is 3.43. The summed E-state index contributed by atoms with van der Waals surface area (Å²) in [5, 5.41) is 4.93. The van der Waals surface area contributed by atoms with E-state index in [9.17, 15) is 4.39 Å². The first-order valence-corrected chi connectivity index (χ1v) is 10.1. The number of nitrogens with zero attached hydrogens (tertiary/aromatic N) is 3. The van der Waals surface area contributed by atoms with Crippen molar-refractivity contribution < 1.29 is 4.39 Å². The molecule has 0 bridgehead atoms. The van der Waals surface area contributed by atoms with E-state index in [-0.39, 0.29) is 11.9 Å². The largest absolute Gasteiger partial charge is 0.326 e. The van der Waals surface area contributed by atoms with E-state index in [0.717, 1.165) is 50.3 Å². The quantitative estimate of drug-likeness (QED) is 0.759. The highest BCUT2D eigenvalue weighted by Gasteiger charge is 2.33. The summed E-state index contributed by atoms with van der Waals surface area (Å²) >= 11 is 0. The van der Waals surface area contributed by atoms with Crippen molar-refractivity contribution in [3.05, 3.63) is 82.9 Å². The fourth-order valence-electron chi connectivity index (χ4n) is 4.74. The number of rotatable bonds is 4. The lowest BCUT2D eigenvalue weighted by atomic mass is 9.95. The normalized spacial score (nSPS) is 21.9. The van der Waals surface area contributed by atoms with Gasteiger partial charge < -0.3 is 5.73 Å². The maximum absolute atomic E-state index is 13.3. The Labute approximate surface area is 164 Å². The molecule has 2 atom stereocenters. The summed E-state index contributed by atoms with van der Waals surface area (Å²) in [6, 6.07) is 17.3. The molecule has 0 radical (unpaired) electrons. The molecule has 1 aliphatic carbocycles. The first-order valence-electron chi connectivity index (χ1n) is 10.1. The van der Waals surface area contributed by atoms with Gasteiger partial charge in [-0.15, -0.1) is 0 Å². The third-order valence-corrected chi connectivity index (χ3v) is 6.13. The molecule has 0 saturated carbocycles. The van der Waals surface area contributed by atoms with Gasteiger partial charge in [0.2, 0.25) is 0 Å². The Bertz CT molecular complexity index is 964. The molecule has 2 heterocycles. The molecule has 2 aromatic carbocycles. The zero-order valence-electron chi connectivity index (χ0n) is 15.9. The lowest BCUT2D eigenvalue weighted by Crippen LogP contribution is -2.28. The van der Waals surface area contributed by atoms with Crippen molar-refractivity contribution in [1.29, 1.82) is 0 Å². The molecular weight excluding hydrogens is 351 g/mol. The first-order chi connectivity index (χ1) is 13.7. The molecule has 1 saturated heterocycles. The first kappa shape index (κ1) is 17.6. The van der Waals surface area contributed by atoms with Crippen molar-refractivity contribution in [2.75, 3.05) is 13.1 Å². The third kappa shape index (κ3) is 3.15. The molecule has 2 aliphatic rings. The van der Waals surface area contributed by atoms with Gasteiger partial charge in [-0.1, -0.05) is 30.3 Å². The Hall–Kier alpha value is -2.50. The number of fused-ring (bicyclic) bond motifs is 1. The average Bonchev–Trinajstić information content (AvgIpc) is 3.40. The van der Waals surface area contributed by atoms with Crippen molar-refractivity contribution in [2.45, 2.75) is 37.8 Å². The molecular formula is C23H25FN4. The maximum atomic E-state index is 13.3. The summed E-state index contributed by atoms with van der Waals surface area (Å²) < 4.78 is 15.3. The van der Waals surface area contributed by atoms with Gasteiger partial charge in [0, 0.05) is 37.3 Å². The molecule has 4 nitrogen and oxygen atoms in total. The summed E-state index contributed by atoms with van der Waals surface area (Å²) in [5.41, 5.74) is 12.5. The minimum atomic E-state index is -0.217. The van der Waals surface area contributed by atoms with Crippen LogP contribution in [0.1, 0.15) is 34.9 Å². The van der Waals surface area contributed by atoms with E-state index in [1.807, 2.05) is 22.9 Å². The van der Waals surface area contributed by atoms with Crippen LogP contribution in [0.2, 0.25) is 0 Å². The number of benzene rings is 2. The zero-order valence-corrected chi connectivity index (χ0v) is 15.9. The monoisotopic (exact) mass is 376 g/mol. The second-order valence-corrected chi connectivity index (χ2v) is 7.99. The minimum absolute atomic E-state index is 0.148. The van der Waals surface area contributed by atoms with Crippen molar-refractivity contribution in [3.63, 3.8) is 0 Å².